The minimum Gasteiger partial charge on any atom is -0.497 e. The molecule has 0 aromatic heterocycles. The quantitative estimate of drug-likeness (QED) is 0.709. The molecule has 0 unspecified atom stereocenters. The van der Waals surface area contributed by atoms with E-state index in [0.29, 0.717) is 23.1 Å². The Bertz CT molecular complexity index is 676. The van der Waals surface area contributed by atoms with E-state index < -0.39 is 11.9 Å². The molecule has 1 saturated carbocycles. The van der Waals surface area contributed by atoms with Crippen molar-refractivity contribution in [3.8, 4) is 5.75 Å². The molecule has 3 atom stereocenters. The summed E-state index contributed by atoms with van der Waals surface area (Å²) in [6.07, 6.45) is 3.21. The van der Waals surface area contributed by atoms with E-state index in [2.05, 4.69) is 24.5 Å². The van der Waals surface area contributed by atoms with E-state index in [0.717, 1.165) is 12.8 Å². The topological polar surface area (TPSA) is 93.7 Å². The van der Waals surface area contributed by atoms with Gasteiger partial charge in [-0.15, -0.1) is 0 Å². The third kappa shape index (κ3) is 6.27. The van der Waals surface area contributed by atoms with Gasteiger partial charge in [-0.25, -0.2) is 0 Å². The predicted molar refractivity (Wildman–Crippen MR) is 100 cm³/mol. The van der Waals surface area contributed by atoms with Gasteiger partial charge in [-0.1, -0.05) is 32.8 Å². The standard InChI is InChI=1S/C20H28N2O5/c1-13-6-4-9-17(14(13)2)22-18(23)12-27-19(24)11-21-20(25)15-7-5-8-16(10-15)26-3/h5,7-8,10,13-14,17H,4,6,9,11-12H2,1-3H3,(H,21,25)(H,22,23)/t13-,14+,17-/m0/s1. The summed E-state index contributed by atoms with van der Waals surface area (Å²) in [6, 6.07) is 6.71. The summed E-state index contributed by atoms with van der Waals surface area (Å²) in [4.78, 5) is 35.8. The number of rotatable bonds is 7. The van der Waals surface area contributed by atoms with Crippen LogP contribution in [0.4, 0.5) is 0 Å². The Kier molecular flexibility index (Phi) is 7.64. The van der Waals surface area contributed by atoms with E-state index in [4.69, 9.17) is 9.47 Å². The summed E-state index contributed by atoms with van der Waals surface area (Å²) in [5.41, 5.74) is 0.375. The maximum Gasteiger partial charge on any atom is 0.325 e. The van der Waals surface area contributed by atoms with Gasteiger partial charge in [0.2, 0.25) is 0 Å². The van der Waals surface area contributed by atoms with Crippen LogP contribution in [0.15, 0.2) is 24.3 Å². The van der Waals surface area contributed by atoms with Crippen LogP contribution >= 0.6 is 0 Å². The van der Waals surface area contributed by atoms with E-state index in [-0.39, 0.29) is 25.1 Å². The summed E-state index contributed by atoms with van der Waals surface area (Å²) in [5.74, 6) is 0.132. The minimum atomic E-state index is -0.661. The lowest BCUT2D eigenvalue weighted by atomic mass is 9.78. The molecular weight excluding hydrogens is 348 g/mol. The molecule has 1 aromatic carbocycles. The second-order valence-electron chi connectivity index (χ2n) is 7.02. The number of nitrogens with one attached hydrogen (secondary N) is 2. The highest BCUT2D eigenvalue weighted by atomic mass is 16.5. The van der Waals surface area contributed by atoms with Crippen molar-refractivity contribution in [1.82, 2.24) is 10.6 Å². The molecule has 0 heterocycles. The van der Waals surface area contributed by atoms with Crippen LogP contribution in [0.2, 0.25) is 0 Å². The van der Waals surface area contributed by atoms with Crippen LogP contribution in [0.5, 0.6) is 5.75 Å². The van der Waals surface area contributed by atoms with Crippen molar-refractivity contribution in [2.75, 3.05) is 20.3 Å². The van der Waals surface area contributed by atoms with Gasteiger partial charge in [-0.05, 0) is 36.5 Å². The number of benzene rings is 1. The highest BCUT2D eigenvalue weighted by Gasteiger charge is 2.28. The van der Waals surface area contributed by atoms with Crippen LogP contribution in [0.3, 0.4) is 0 Å². The van der Waals surface area contributed by atoms with Gasteiger partial charge >= 0.3 is 5.97 Å². The lowest BCUT2D eigenvalue weighted by Crippen LogP contribution is -2.45. The predicted octanol–water partition coefficient (Wildman–Crippen LogP) is 1.91. The van der Waals surface area contributed by atoms with Crippen molar-refractivity contribution >= 4 is 17.8 Å². The lowest BCUT2D eigenvalue weighted by Gasteiger charge is -2.34. The molecule has 7 heteroatoms. The Balaban J connectivity index is 1.71. The summed E-state index contributed by atoms with van der Waals surface area (Å²) < 4.78 is 10.0. The Morgan fingerprint density at radius 1 is 1.19 bits per heavy atom. The maximum atomic E-state index is 12.0. The minimum absolute atomic E-state index is 0.118. The first-order valence-corrected chi connectivity index (χ1v) is 9.28. The zero-order chi connectivity index (χ0) is 19.8. The van der Waals surface area contributed by atoms with Crippen molar-refractivity contribution in [1.29, 1.82) is 0 Å². The smallest absolute Gasteiger partial charge is 0.325 e. The highest BCUT2D eigenvalue weighted by Crippen LogP contribution is 2.29. The van der Waals surface area contributed by atoms with Gasteiger partial charge in [0.05, 0.1) is 7.11 Å². The second-order valence-corrected chi connectivity index (χ2v) is 7.02. The van der Waals surface area contributed by atoms with Gasteiger partial charge in [0.1, 0.15) is 12.3 Å². The molecule has 1 fully saturated rings. The van der Waals surface area contributed by atoms with Crippen LogP contribution in [-0.4, -0.2) is 44.1 Å². The number of hydrogen-bond donors (Lipinski definition) is 2. The fourth-order valence-electron chi connectivity index (χ4n) is 3.25. The van der Waals surface area contributed by atoms with Gasteiger partial charge in [-0.3, -0.25) is 14.4 Å². The highest BCUT2D eigenvalue weighted by molar-refractivity contribution is 5.96. The Labute approximate surface area is 159 Å². The molecule has 2 N–H and O–H groups in total. The SMILES string of the molecule is COc1cccc(C(=O)NCC(=O)OCC(=O)N[C@H]2CCC[C@H](C)[C@H]2C)c1. The van der Waals surface area contributed by atoms with Crippen LogP contribution < -0.4 is 15.4 Å². The van der Waals surface area contributed by atoms with Crippen LogP contribution in [0.25, 0.3) is 0 Å². The first kappa shape index (κ1) is 20.7. The summed E-state index contributed by atoms with van der Waals surface area (Å²) >= 11 is 0. The van der Waals surface area contributed by atoms with Gasteiger partial charge in [0, 0.05) is 11.6 Å². The number of carbonyl (C=O) groups is 3. The first-order chi connectivity index (χ1) is 12.9. The average molecular weight is 376 g/mol. The van der Waals surface area contributed by atoms with Crippen molar-refractivity contribution in [2.24, 2.45) is 11.8 Å². The van der Waals surface area contributed by atoms with Gasteiger partial charge in [0.15, 0.2) is 6.61 Å². The van der Waals surface area contributed by atoms with E-state index in [9.17, 15) is 14.4 Å². The number of hydrogen-bond acceptors (Lipinski definition) is 5. The van der Waals surface area contributed by atoms with Crippen molar-refractivity contribution in [2.45, 2.75) is 39.2 Å². The third-order valence-corrected chi connectivity index (χ3v) is 5.14. The summed E-state index contributed by atoms with van der Waals surface area (Å²) in [6.45, 7) is 3.68. The Morgan fingerprint density at radius 3 is 2.70 bits per heavy atom. The Morgan fingerprint density at radius 2 is 1.96 bits per heavy atom. The van der Waals surface area contributed by atoms with Crippen LogP contribution in [-0.2, 0) is 14.3 Å². The fourth-order valence-corrected chi connectivity index (χ4v) is 3.25. The zero-order valence-corrected chi connectivity index (χ0v) is 16.1. The molecule has 0 spiro atoms. The molecule has 1 aliphatic carbocycles. The maximum absolute atomic E-state index is 12.0. The normalized spacial score (nSPS) is 21.8. The van der Waals surface area contributed by atoms with E-state index in [1.54, 1.807) is 24.3 Å². The molecule has 27 heavy (non-hydrogen) atoms. The second kappa shape index (κ2) is 9.94. The average Bonchev–Trinajstić information content (AvgIpc) is 2.68. The van der Waals surface area contributed by atoms with Crippen LogP contribution in [0.1, 0.15) is 43.5 Å². The van der Waals surface area contributed by atoms with E-state index in [1.165, 1.54) is 13.5 Å². The van der Waals surface area contributed by atoms with E-state index >= 15 is 0 Å². The third-order valence-electron chi connectivity index (χ3n) is 5.14. The largest absolute Gasteiger partial charge is 0.497 e. The molecular formula is C20H28N2O5. The lowest BCUT2D eigenvalue weighted by molar-refractivity contribution is -0.147. The molecule has 148 valence electrons. The number of methoxy groups -OCH3 is 1. The zero-order valence-electron chi connectivity index (χ0n) is 16.1. The van der Waals surface area contributed by atoms with Gasteiger partial charge in [-0.2, -0.15) is 0 Å². The molecule has 1 aliphatic rings. The molecule has 7 nitrogen and oxygen atoms in total. The molecule has 1 aromatic rings. The molecule has 2 amide bonds. The number of carbonyl (C=O) groups excluding carboxylic acids is 3. The summed E-state index contributed by atoms with van der Waals surface area (Å²) in [7, 11) is 1.51. The van der Waals surface area contributed by atoms with Crippen molar-refractivity contribution < 1.29 is 23.9 Å². The number of ether oxygens (including phenoxy) is 2. The molecule has 0 saturated heterocycles. The monoisotopic (exact) mass is 376 g/mol. The molecule has 0 bridgehead atoms. The number of esters is 1. The van der Waals surface area contributed by atoms with Crippen molar-refractivity contribution in [3.63, 3.8) is 0 Å². The van der Waals surface area contributed by atoms with E-state index in [1.807, 2.05) is 0 Å². The summed E-state index contributed by atoms with van der Waals surface area (Å²) in [5, 5.41) is 5.41. The Hall–Kier alpha value is -2.57. The molecule has 0 radical (unpaired) electrons. The number of amides is 2. The van der Waals surface area contributed by atoms with Crippen molar-refractivity contribution in [3.05, 3.63) is 29.8 Å². The van der Waals surface area contributed by atoms with Gasteiger partial charge in [0.25, 0.3) is 11.8 Å². The molecule has 0 aliphatic heterocycles. The fraction of sp³-hybridized carbons (Fsp3) is 0.550. The van der Waals surface area contributed by atoms with Gasteiger partial charge < -0.3 is 20.1 Å². The first-order valence-electron chi connectivity index (χ1n) is 9.28. The van der Waals surface area contributed by atoms with Crippen LogP contribution in [0, 0.1) is 11.8 Å². The molecule has 2 rings (SSSR count).